The molecular weight excluding hydrogens is 353 g/mol. The van der Waals surface area contributed by atoms with Gasteiger partial charge in [0.05, 0.1) is 18.2 Å². The van der Waals surface area contributed by atoms with Crippen LogP contribution in [0.1, 0.15) is 41.5 Å². The molecule has 0 spiro atoms. The number of carbonyl (C=O) groups is 1. The highest BCUT2D eigenvalue weighted by Crippen LogP contribution is 2.31. The fourth-order valence-corrected chi connectivity index (χ4v) is 3.77. The third-order valence-corrected chi connectivity index (χ3v) is 5.08. The number of rotatable bonds is 5. The molecular formula is C23H22FN3O. The van der Waals surface area contributed by atoms with E-state index in [9.17, 15) is 9.18 Å². The summed E-state index contributed by atoms with van der Waals surface area (Å²) in [5.74, 6) is -0.158. The van der Waals surface area contributed by atoms with Crippen molar-refractivity contribution in [1.29, 1.82) is 0 Å². The van der Waals surface area contributed by atoms with Gasteiger partial charge in [-0.3, -0.25) is 14.8 Å². The van der Waals surface area contributed by atoms with Crippen molar-refractivity contribution in [2.45, 2.75) is 31.7 Å². The second-order valence-electron chi connectivity index (χ2n) is 7.10. The summed E-state index contributed by atoms with van der Waals surface area (Å²) in [5, 5.41) is 0. The van der Waals surface area contributed by atoms with Crippen molar-refractivity contribution in [1.82, 2.24) is 14.9 Å². The van der Waals surface area contributed by atoms with Crippen molar-refractivity contribution < 1.29 is 9.18 Å². The average Bonchev–Trinajstić information content (AvgIpc) is 3.19. The van der Waals surface area contributed by atoms with Crippen LogP contribution in [-0.2, 0) is 17.6 Å². The van der Waals surface area contributed by atoms with Gasteiger partial charge in [0.15, 0.2) is 0 Å². The molecule has 1 aliphatic heterocycles. The lowest BCUT2D eigenvalue weighted by atomic mass is 10.1. The summed E-state index contributed by atoms with van der Waals surface area (Å²) in [7, 11) is 0. The van der Waals surface area contributed by atoms with E-state index in [0.717, 1.165) is 42.0 Å². The molecule has 0 unspecified atom stereocenters. The van der Waals surface area contributed by atoms with Gasteiger partial charge in [0, 0.05) is 30.6 Å². The minimum atomic E-state index is -0.240. The van der Waals surface area contributed by atoms with E-state index in [1.807, 2.05) is 47.4 Å². The molecule has 0 saturated carbocycles. The van der Waals surface area contributed by atoms with E-state index in [1.165, 1.54) is 12.1 Å². The maximum Gasteiger partial charge on any atom is 0.229 e. The summed E-state index contributed by atoms with van der Waals surface area (Å²) in [4.78, 5) is 23.8. The Labute approximate surface area is 164 Å². The van der Waals surface area contributed by atoms with Gasteiger partial charge in [0.25, 0.3) is 0 Å². The van der Waals surface area contributed by atoms with E-state index in [2.05, 4.69) is 4.98 Å². The molecule has 3 heterocycles. The van der Waals surface area contributed by atoms with Gasteiger partial charge in [-0.25, -0.2) is 4.39 Å². The second kappa shape index (κ2) is 8.30. The zero-order valence-electron chi connectivity index (χ0n) is 15.6. The lowest BCUT2D eigenvalue weighted by Crippen LogP contribution is -2.32. The first-order valence-electron chi connectivity index (χ1n) is 9.59. The van der Waals surface area contributed by atoms with Crippen LogP contribution in [0.2, 0.25) is 0 Å². The second-order valence-corrected chi connectivity index (χ2v) is 7.10. The van der Waals surface area contributed by atoms with E-state index in [4.69, 9.17) is 4.98 Å². The molecule has 0 N–H and O–H groups in total. The normalized spacial score (nSPS) is 16.3. The lowest BCUT2D eigenvalue weighted by Gasteiger charge is -2.24. The minimum absolute atomic E-state index is 0.0105. The number of amides is 1. The number of halogens is 1. The topological polar surface area (TPSA) is 46.1 Å². The van der Waals surface area contributed by atoms with Crippen LogP contribution in [0.15, 0.2) is 66.9 Å². The predicted molar refractivity (Wildman–Crippen MR) is 105 cm³/mol. The molecule has 28 heavy (non-hydrogen) atoms. The molecule has 1 atom stereocenters. The lowest BCUT2D eigenvalue weighted by molar-refractivity contribution is -0.131. The third kappa shape index (κ3) is 4.25. The van der Waals surface area contributed by atoms with Crippen LogP contribution in [0.4, 0.5) is 4.39 Å². The van der Waals surface area contributed by atoms with Crippen LogP contribution >= 0.6 is 0 Å². The molecule has 4 nitrogen and oxygen atoms in total. The number of pyridine rings is 2. The van der Waals surface area contributed by atoms with Gasteiger partial charge in [0.2, 0.25) is 5.91 Å². The Hall–Kier alpha value is -3.08. The Kier molecular flexibility index (Phi) is 5.42. The van der Waals surface area contributed by atoms with Gasteiger partial charge < -0.3 is 4.90 Å². The number of likely N-dealkylation sites (tertiary alicyclic amines) is 1. The van der Waals surface area contributed by atoms with Gasteiger partial charge in [0.1, 0.15) is 5.82 Å². The van der Waals surface area contributed by atoms with Gasteiger partial charge in [-0.15, -0.1) is 0 Å². The van der Waals surface area contributed by atoms with E-state index in [0.29, 0.717) is 12.8 Å². The molecule has 4 rings (SSSR count). The first-order valence-corrected chi connectivity index (χ1v) is 9.59. The number of carbonyl (C=O) groups excluding carboxylic acids is 1. The van der Waals surface area contributed by atoms with Crippen molar-refractivity contribution in [3.8, 4) is 0 Å². The summed E-state index contributed by atoms with van der Waals surface area (Å²) in [6.07, 6.45) is 4.46. The van der Waals surface area contributed by atoms with E-state index < -0.39 is 0 Å². The highest BCUT2D eigenvalue weighted by atomic mass is 19.1. The van der Waals surface area contributed by atoms with Crippen LogP contribution < -0.4 is 0 Å². The fourth-order valence-electron chi connectivity index (χ4n) is 3.77. The molecule has 0 bridgehead atoms. The Balaban J connectivity index is 1.50. The van der Waals surface area contributed by atoms with Crippen LogP contribution in [0, 0.1) is 5.82 Å². The van der Waals surface area contributed by atoms with E-state index in [-0.39, 0.29) is 17.8 Å². The van der Waals surface area contributed by atoms with E-state index in [1.54, 1.807) is 12.3 Å². The summed E-state index contributed by atoms with van der Waals surface area (Å²) < 4.78 is 13.4. The van der Waals surface area contributed by atoms with E-state index >= 15 is 0 Å². The standard InChI is InChI=1S/C23H22FN3O/c24-18-7-3-6-17(14-18)15-20-9-4-10-21(26-20)22-11-5-13-27(22)23(28)16-19-8-1-2-12-25-19/h1-4,6-10,12,14,22H,5,11,13,15-16H2/t22-/m0/s1. The number of aromatic nitrogens is 2. The number of hydrogen-bond donors (Lipinski definition) is 0. The van der Waals surface area contributed by atoms with Gasteiger partial charge in [-0.05, 0) is 54.8 Å². The number of nitrogens with zero attached hydrogens (tertiary/aromatic N) is 3. The van der Waals surface area contributed by atoms with Crippen molar-refractivity contribution in [3.05, 3.63) is 95.3 Å². The monoisotopic (exact) mass is 375 g/mol. The van der Waals surface area contributed by atoms with Crippen molar-refractivity contribution in [3.63, 3.8) is 0 Å². The third-order valence-electron chi connectivity index (χ3n) is 5.08. The Morgan fingerprint density at radius 2 is 1.93 bits per heavy atom. The fraction of sp³-hybridized carbons (Fsp3) is 0.261. The smallest absolute Gasteiger partial charge is 0.229 e. The summed E-state index contributed by atoms with van der Waals surface area (Å²) in [6, 6.07) is 18.1. The molecule has 1 aliphatic rings. The largest absolute Gasteiger partial charge is 0.334 e. The van der Waals surface area contributed by atoms with Crippen LogP contribution in [-0.4, -0.2) is 27.3 Å². The molecule has 3 aromatic rings. The SMILES string of the molecule is O=C(Cc1ccccn1)N1CCC[C@H]1c1cccc(Cc2cccc(F)c2)n1. The Morgan fingerprint density at radius 3 is 2.75 bits per heavy atom. The summed E-state index contributed by atoms with van der Waals surface area (Å²) in [6.45, 7) is 0.742. The maximum atomic E-state index is 13.4. The molecule has 5 heteroatoms. The minimum Gasteiger partial charge on any atom is -0.334 e. The molecule has 1 saturated heterocycles. The average molecular weight is 375 g/mol. The van der Waals surface area contributed by atoms with Crippen LogP contribution in [0.25, 0.3) is 0 Å². The highest BCUT2D eigenvalue weighted by Gasteiger charge is 2.31. The predicted octanol–water partition coefficient (Wildman–Crippen LogP) is 4.11. The highest BCUT2D eigenvalue weighted by molar-refractivity contribution is 5.79. The molecule has 1 aromatic carbocycles. The first-order chi connectivity index (χ1) is 13.7. The van der Waals surface area contributed by atoms with Crippen molar-refractivity contribution in [2.75, 3.05) is 6.54 Å². The molecule has 1 amide bonds. The van der Waals surface area contributed by atoms with Gasteiger partial charge in [-0.1, -0.05) is 24.3 Å². The van der Waals surface area contributed by atoms with Gasteiger partial charge in [-0.2, -0.15) is 0 Å². The van der Waals surface area contributed by atoms with Crippen LogP contribution in [0.5, 0.6) is 0 Å². The zero-order valence-corrected chi connectivity index (χ0v) is 15.6. The van der Waals surface area contributed by atoms with Crippen molar-refractivity contribution in [2.24, 2.45) is 0 Å². The molecule has 1 fully saturated rings. The molecule has 142 valence electrons. The maximum absolute atomic E-state index is 13.4. The zero-order chi connectivity index (χ0) is 19.3. The summed E-state index contributed by atoms with van der Waals surface area (Å²) in [5.41, 5.74) is 3.46. The quantitative estimate of drug-likeness (QED) is 0.674. The number of benzene rings is 1. The first kappa shape index (κ1) is 18.3. The molecule has 0 aliphatic carbocycles. The Morgan fingerprint density at radius 1 is 1.07 bits per heavy atom. The number of hydrogen-bond acceptors (Lipinski definition) is 3. The summed E-state index contributed by atoms with van der Waals surface area (Å²) >= 11 is 0. The Bertz CT molecular complexity index is 961. The van der Waals surface area contributed by atoms with Gasteiger partial charge >= 0.3 is 0 Å². The van der Waals surface area contributed by atoms with Crippen LogP contribution in [0.3, 0.4) is 0 Å². The molecule has 0 radical (unpaired) electrons. The van der Waals surface area contributed by atoms with Crippen molar-refractivity contribution >= 4 is 5.91 Å². The molecule has 2 aromatic heterocycles.